The summed E-state index contributed by atoms with van der Waals surface area (Å²) in [5, 5.41) is 12.2. The fourth-order valence-corrected chi connectivity index (χ4v) is 1.83. The Morgan fingerprint density at radius 1 is 1.59 bits per heavy atom. The molecule has 17 heavy (non-hydrogen) atoms. The molecule has 1 saturated heterocycles. The normalized spacial score (nSPS) is 21.1. The third kappa shape index (κ3) is 5.17. The number of hydrogen-bond donors (Lipinski definition) is 2. The molecule has 2 unspecified atom stereocenters. The van der Waals surface area contributed by atoms with Crippen LogP contribution in [0.4, 0.5) is 0 Å². The van der Waals surface area contributed by atoms with Gasteiger partial charge in [0, 0.05) is 6.42 Å². The Hall–Kier alpha value is -1.10. The topological polar surface area (TPSA) is 75.6 Å². The number of aliphatic hydroxyl groups is 1. The average molecular weight is 243 g/mol. The second-order valence-corrected chi connectivity index (χ2v) is 4.43. The summed E-state index contributed by atoms with van der Waals surface area (Å²) in [5.41, 5.74) is 0. The molecule has 1 heterocycles. The lowest BCUT2D eigenvalue weighted by Gasteiger charge is -2.12. The minimum Gasteiger partial charge on any atom is -0.464 e. The summed E-state index contributed by atoms with van der Waals surface area (Å²) < 4.78 is 4.73. The van der Waals surface area contributed by atoms with Gasteiger partial charge in [0.15, 0.2) is 0 Å². The van der Waals surface area contributed by atoms with E-state index in [1.807, 2.05) is 0 Å². The molecule has 1 rings (SSSR count). The van der Waals surface area contributed by atoms with Gasteiger partial charge in [-0.05, 0) is 6.42 Å². The molecule has 0 aromatic heterocycles. The first-order chi connectivity index (χ1) is 8.13. The van der Waals surface area contributed by atoms with Crippen molar-refractivity contribution in [1.29, 1.82) is 0 Å². The number of cyclic esters (lactones) is 1. The fourth-order valence-electron chi connectivity index (χ4n) is 1.83. The van der Waals surface area contributed by atoms with Crippen molar-refractivity contribution >= 4 is 11.9 Å². The van der Waals surface area contributed by atoms with Crippen molar-refractivity contribution in [2.24, 2.45) is 0 Å². The lowest BCUT2D eigenvalue weighted by atomic mass is 10.1. The zero-order valence-corrected chi connectivity index (χ0v) is 10.3. The third-order valence-electron chi connectivity index (χ3n) is 2.83. The summed E-state index contributed by atoms with van der Waals surface area (Å²) in [6.07, 6.45) is 3.69. The van der Waals surface area contributed by atoms with Crippen LogP contribution in [-0.2, 0) is 14.3 Å². The summed E-state index contributed by atoms with van der Waals surface area (Å²) in [6, 6.07) is -0.523. The quantitative estimate of drug-likeness (QED) is 0.511. The molecule has 0 bridgehead atoms. The van der Waals surface area contributed by atoms with E-state index in [-0.39, 0.29) is 18.3 Å². The predicted octanol–water partition coefficient (Wildman–Crippen LogP) is 0.749. The van der Waals surface area contributed by atoms with Crippen molar-refractivity contribution < 1.29 is 19.4 Å². The number of hydrogen-bond acceptors (Lipinski definition) is 4. The summed E-state index contributed by atoms with van der Waals surface area (Å²) in [6.45, 7) is 2.45. The molecular weight excluding hydrogens is 222 g/mol. The van der Waals surface area contributed by atoms with Gasteiger partial charge in [0.2, 0.25) is 5.91 Å². The van der Waals surface area contributed by atoms with E-state index in [1.165, 1.54) is 0 Å². The van der Waals surface area contributed by atoms with Gasteiger partial charge in [0.1, 0.15) is 6.04 Å². The number of rotatable bonds is 7. The van der Waals surface area contributed by atoms with Crippen molar-refractivity contribution in [1.82, 2.24) is 5.32 Å². The maximum Gasteiger partial charge on any atom is 0.328 e. The van der Waals surface area contributed by atoms with E-state index >= 15 is 0 Å². The molecule has 1 aliphatic heterocycles. The Balaban J connectivity index is 2.17. The molecule has 5 nitrogen and oxygen atoms in total. The Morgan fingerprint density at radius 2 is 2.35 bits per heavy atom. The number of carbonyl (C=O) groups is 2. The van der Waals surface area contributed by atoms with E-state index in [4.69, 9.17) is 4.74 Å². The zero-order valence-electron chi connectivity index (χ0n) is 10.3. The fraction of sp³-hybridized carbons (Fsp3) is 0.833. The first kappa shape index (κ1) is 14.0. The van der Waals surface area contributed by atoms with Gasteiger partial charge < -0.3 is 15.2 Å². The van der Waals surface area contributed by atoms with Crippen molar-refractivity contribution in [3.63, 3.8) is 0 Å². The van der Waals surface area contributed by atoms with Crippen molar-refractivity contribution in [2.45, 2.75) is 57.6 Å². The minimum absolute atomic E-state index is 0.0630. The Bertz CT molecular complexity index is 267. The second-order valence-electron chi connectivity index (χ2n) is 4.43. The molecule has 5 heteroatoms. The second kappa shape index (κ2) is 7.27. The van der Waals surface area contributed by atoms with E-state index in [1.54, 1.807) is 0 Å². The zero-order chi connectivity index (χ0) is 12.7. The third-order valence-corrected chi connectivity index (χ3v) is 2.83. The standard InChI is InChI=1S/C12H21NO4/c1-2-3-4-5-9(14)8-11(15)13-10-6-7-17-12(10)16/h9-10,14H,2-8H2,1H3,(H,13,15). The number of aliphatic hydroxyl groups excluding tert-OH is 1. The largest absolute Gasteiger partial charge is 0.464 e. The molecule has 0 aliphatic carbocycles. The van der Waals surface area contributed by atoms with Gasteiger partial charge in [-0.25, -0.2) is 4.79 Å². The maximum atomic E-state index is 11.5. The Morgan fingerprint density at radius 3 is 2.94 bits per heavy atom. The van der Waals surface area contributed by atoms with Crippen LogP contribution < -0.4 is 5.32 Å². The van der Waals surface area contributed by atoms with Crippen LogP contribution in [-0.4, -0.2) is 35.7 Å². The summed E-state index contributed by atoms with van der Waals surface area (Å²) in [7, 11) is 0. The van der Waals surface area contributed by atoms with Crippen molar-refractivity contribution in [3.8, 4) is 0 Å². The molecule has 0 aromatic rings. The Kier molecular flexibility index (Phi) is 5.97. The van der Waals surface area contributed by atoms with Gasteiger partial charge in [0.25, 0.3) is 0 Å². The first-order valence-corrected chi connectivity index (χ1v) is 6.27. The van der Waals surface area contributed by atoms with Gasteiger partial charge in [-0.1, -0.05) is 26.2 Å². The van der Waals surface area contributed by atoms with Crippen LogP contribution >= 0.6 is 0 Å². The number of esters is 1. The molecule has 0 radical (unpaired) electrons. The average Bonchev–Trinajstić information content (AvgIpc) is 2.64. The van der Waals surface area contributed by atoms with Gasteiger partial charge >= 0.3 is 5.97 Å². The predicted molar refractivity (Wildman–Crippen MR) is 62.3 cm³/mol. The van der Waals surface area contributed by atoms with Crippen LogP contribution in [0.25, 0.3) is 0 Å². The maximum absolute atomic E-state index is 11.5. The van der Waals surface area contributed by atoms with E-state index in [0.717, 1.165) is 19.3 Å². The number of ether oxygens (including phenoxy) is 1. The SMILES string of the molecule is CCCCCC(O)CC(=O)NC1CCOC1=O. The molecule has 98 valence electrons. The molecule has 2 N–H and O–H groups in total. The van der Waals surface area contributed by atoms with Gasteiger partial charge in [-0.2, -0.15) is 0 Å². The van der Waals surface area contributed by atoms with Crippen LogP contribution in [0.5, 0.6) is 0 Å². The highest BCUT2D eigenvalue weighted by Crippen LogP contribution is 2.09. The molecule has 0 saturated carbocycles. The smallest absolute Gasteiger partial charge is 0.328 e. The minimum atomic E-state index is -0.612. The summed E-state index contributed by atoms with van der Waals surface area (Å²) >= 11 is 0. The molecule has 1 fully saturated rings. The molecule has 0 spiro atoms. The van der Waals surface area contributed by atoms with Crippen LogP contribution in [0.1, 0.15) is 45.4 Å². The van der Waals surface area contributed by atoms with E-state index in [9.17, 15) is 14.7 Å². The van der Waals surface area contributed by atoms with Crippen LogP contribution in [0.15, 0.2) is 0 Å². The summed E-state index contributed by atoms with van der Waals surface area (Å²) in [5.74, 6) is -0.656. The lowest BCUT2D eigenvalue weighted by molar-refractivity contribution is -0.141. The first-order valence-electron chi connectivity index (χ1n) is 6.27. The number of nitrogens with one attached hydrogen (secondary N) is 1. The number of unbranched alkanes of at least 4 members (excludes halogenated alkanes) is 2. The Labute approximate surface area is 102 Å². The van der Waals surface area contributed by atoms with Crippen LogP contribution in [0, 0.1) is 0 Å². The number of carbonyl (C=O) groups excluding carboxylic acids is 2. The van der Waals surface area contributed by atoms with Crippen molar-refractivity contribution in [3.05, 3.63) is 0 Å². The summed E-state index contributed by atoms with van der Waals surface area (Å²) in [4.78, 5) is 22.6. The molecule has 0 aromatic carbocycles. The highest BCUT2D eigenvalue weighted by molar-refractivity contribution is 5.85. The lowest BCUT2D eigenvalue weighted by Crippen LogP contribution is -2.39. The molecular formula is C12H21NO4. The number of amides is 1. The van der Waals surface area contributed by atoms with Gasteiger partial charge in [-0.15, -0.1) is 0 Å². The molecule has 1 aliphatic rings. The van der Waals surface area contributed by atoms with E-state index in [2.05, 4.69) is 12.2 Å². The molecule has 2 atom stereocenters. The van der Waals surface area contributed by atoms with Crippen LogP contribution in [0.2, 0.25) is 0 Å². The van der Waals surface area contributed by atoms with Gasteiger partial charge in [-0.3, -0.25) is 4.79 Å². The monoisotopic (exact) mass is 243 g/mol. The van der Waals surface area contributed by atoms with Crippen molar-refractivity contribution in [2.75, 3.05) is 6.61 Å². The van der Waals surface area contributed by atoms with E-state index < -0.39 is 12.1 Å². The highest BCUT2D eigenvalue weighted by Gasteiger charge is 2.28. The highest BCUT2D eigenvalue weighted by atomic mass is 16.5. The van der Waals surface area contributed by atoms with Crippen LogP contribution in [0.3, 0.4) is 0 Å². The van der Waals surface area contributed by atoms with E-state index in [0.29, 0.717) is 19.4 Å². The molecule has 1 amide bonds. The van der Waals surface area contributed by atoms with Gasteiger partial charge in [0.05, 0.1) is 19.1 Å².